The minimum atomic E-state index is -0.182. The highest BCUT2D eigenvalue weighted by atomic mass is 35.5. The Hall–Kier alpha value is -3.28. The summed E-state index contributed by atoms with van der Waals surface area (Å²) in [7, 11) is 0. The van der Waals surface area contributed by atoms with Crippen molar-refractivity contribution in [2.75, 3.05) is 13.2 Å². The first-order valence-electron chi connectivity index (χ1n) is 14.3. The van der Waals surface area contributed by atoms with Crippen LogP contribution in [0.1, 0.15) is 75.9 Å². The number of carbonyl (C=O) groups excluding carboxylic acids is 1. The van der Waals surface area contributed by atoms with E-state index in [0.717, 1.165) is 53.1 Å². The molecule has 0 aliphatic carbocycles. The summed E-state index contributed by atoms with van der Waals surface area (Å²) in [5, 5.41) is 3.49. The first-order chi connectivity index (χ1) is 19.2. The van der Waals surface area contributed by atoms with E-state index < -0.39 is 0 Å². The molecule has 6 heteroatoms. The second-order valence-electron chi connectivity index (χ2n) is 9.90. The van der Waals surface area contributed by atoms with Gasteiger partial charge in [-0.1, -0.05) is 115 Å². The standard InChI is InChI=1S/C28H32ClN3O2.C4H10.C2H6/c1-3-4-17-34-27-14-13-25(29)19-26(27)28(33)31-16-15-21-5-9-23(10-6-21)24-11-7-22(8-12-24)18-20(2)32-30;1-4(2)3;1-2/h5-14,19,32H,2-4,15-18,30H2,1H3,(H,31,33);4H,1-3H3;1-2H3. The van der Waals surface area contributed by atoms with E-state index in [1.54, 1.807) is 18.2 Å². The molecule has 0 atom stereocenters. The molecule has 40 heavy (non-hydrogen) atoms. The molecule has 0 aromatic heterocycles. The van der Waals surface area contributed by atoms with Gasteiger partial charge in [0.05, 0.1) is 12.2 Å². The summed E-state index contributed by atoms with van der Waals surface area (Å²) in [6.45, 7) is 17.6. The van der Waals surface area contributed by atoms with E-state index in [2.05, 4.69) is 93.5 Å². The van der Waals surface area contributed by atoms with Gasteiger partial charge in [-0.3, -0.25) is 10.6 Å². The number of halogens is 1. The van der Waals surface area contributed by atoms with E-state index in [1.807, 2.05) is 13.8 Å². The molecule has 0 aliphatic heterocycles. The Morgan fingerprint density at radius 3 is 2.02 bits per heavy atom. The average molecular weight is 566 g/mol. The Balaban J connectivity index is 0.00000122. The fourth-order valence-corrected chi connectivity index (χ4v) is 3.70. The van der Waals surface area contributed by atoms with E-state index in [9.17, 15) is 4.79 Å². The summed E-state index contributed by atoms with van der Waals surface area (Å²) in [5.74, 6) is 6.60. The number of carbonyl (C=O) groups is 1. The summed E-state index contributed by atoms with van der Waals surface area (Å²) in [4.78, 5) is 12.7. The lowest BCUT2D eigenvalue weighted by Gasteiger charge is -2.12. The Morgan fingerprint density at radius 1 is 0.950 bits per heavy atom. The lowest BCUT2D eigenvalue weighted by Crippen LogP contribution is -2.26. The Bertz CT molecular complexity index is 1140. The van der Waals surface area contributed by atoms with Crippen molar-refractivity contribution < 1.29 is 9.53 Å². The third-order valence-corrected chi connectivity index (χ3v) is 5.74. The summed E-state index contributed by atoms with van der Waals surface area (Å²) in [6, 6.07) is 21.9. The molecule has 0 heterocycles. The van der Waals surface area contributed by atoms with Crippen LogP contribution in [-0.2, 0) is 12.8 Å². The molecule has 1 amide bonds. The molecule has 5 nitrogen and oxygen atoms in total. The van der Waals surface area contributed by atoms with Gasteiger partial charge in [-0.15, -0.1) is 0 Å². The van der Waals surface area contributed by atoms with Gasteiger partial charge in [0.1, 0.15) is 5.75 Å². The fourth-order valence-electron chi connectivity index (χ4n) is 3.52. The molecule has 0 radical (unpaired) electrons. The molecule has 3 rings (SSSR count). The monoisotopic (exact) mass is 565 g/mol. The van der Waals surface area contributed by atoms with Gasteiger partial charge in [0.2, 0.25) is 0 Å². The van der Waals surface area contributed by atoms with Crippen molar-refractivity contribution in [3.05, 3.63) is 101 Å². The molecule has 0 spiro atoms. The van der Waals surface area contributed by atoms with E-state index in [4.69, 9.17) is 22.2 Å². The highest BCUT2D eigenvalue weighted by Crippen LogP contribution is 2.24. The Labute approximate surface area is 247 Å². The normalized spacial score (nSPS) is 10.0. The maximum Gasteiger partial charge on any atom is 0.255 e. The van der Waals surface area contributed by atoms with Crippen LogP contribution in [-0.4, -0.2) is 19.1 Å². The second kappa shape index (κ2) is 19.7. The number of allylic oxidation sites excluding steroid dienone is 1. The molecule has 218 valence electrons. The van der Waals surface area contributed by atoms with Gasteiger partial charge in [0, 0.05) is 23.7 Å². The van der Waals surface area contributed by atoms with Crippen molar-refractivity contribution in [3.8, 4) is 16.9 Å². The van der Waals surface area contributed by atoms with Crippen molar-refractivity contribution in [2.24, 2.45) is 11.8 Å². The molecule has 0 aliphatic rings. The zero-order valence-corrected chi connectivity index (χ0v) is 25.9. The number of hydrazine groups is 1. The second-order valence-corrected chi connectivity index (χ2v) is 10.3. The van der Waals surface area contributed by atoms with Crippen molar-refractivity contribution >= 4 is 17.5 Å². The molecule has 0 fully saturated rings. The van der Waals surface area contributed by atoms with Gasteiger partial charge in [-0.25, -0.2) is 0 Å². The van der Waals surface area contributed by atoms with Gasteiger partial charge in [-0.05, 0) is 59.2 Å². The quantitative estimate of drug-likeness (QED) is 0.117. The fraction of sp³-hybridized carbons (Fsp3) is 0.382. The van der Waals surface area contributed by atoms with Gasteiger partial charge in [0.15, 0.2) is 0 Å². The minimum absolute atomic E-state index is 0.182. The van der Waals surface area contributed by atoms with Crippen LogP contribution in [0, 0.1) is 5.92 Å². The predicted octanol–water partition coefficient (Wildman–Crippen LogP) is 8.37. The number of ether oxygens (including phenoxy) is 1. The van der Waals surface area contributed by atoms with Crippen LogP contribution in [0.2, 0.25) is 5.02 Å². The van der Waals surface area contributed by atoms with Crippen LogP contribution in [0.4, 0.5) is 0 Å². The number of unbranched alkanes of at least 4 members (excludes halogenated alkanes) is 1. The lowest BCUT2D eigenvalue weighted by molar-refractivity contribution is 0.0950. The van der Waals surface area contributed by atoms with Crippen molar-refractivity contribution in [1.29, 1.82) is 0 Å². The largest absolute Gasteiger partial charge is 0.493 e. The number of amides is 1. The number of nitrogens with two attached hydrogens (primary N) is 1. The predicted molar refractivity (Wildman–Crippen MR) is 172 cm³/mol. The van der Waals surface area contributed by atoms with Gasteiger partial charge in [0.25, 0.3) is 5.91 Å². The number of benzene rings is 3. The third-order valence-electron chi connectivity index (χ3n) is 5.50. The number of hydrogen-bond donors (Lipinski definition) is 3. The first-order valence-corrected chi connectivity index (χ1v) is 14.6. The zero-order valence-electron chi connectivity index (χ0n) is 25.1. The van der Waals surface area contributed by atoms with Crippen molar-refractivity contribution in [3.63, 3.8) is 0 Å². The average Bonchev–Trinajstić information content (AvgIpc) is 2.95. The maximum atomic E-state index is 12.7. The molecule has 4 N–H and O–H groups in total. The van der Waals surface area contributed by atoms with E-state index in [-0.39, 0.29) is 5.91 Å². The van der Waals surface area contributed by atoms with Gasteiger partial charge >= 0.3 is 0 Å². The Morgan fingerprint density at radius 2 is 1.50 bits per heavy atom. The van der Waals surface area contributed by atoms with Crippen LogP contribution in [0.5, 0.6) is 5.75 Å². The highest BCUT2D eigenvalue weighted by Gasteiger charge is 2.13. The van der Waals surface area contributed by atoms with Crippen molar-refractivity contribution in [2.45, 2.75) is 67.2 Å². The van der Waals surface area contributed by atoms with E-state index in [1.165, 1.54) is 0 Å². The summed E-state index contributed by atoms with van der Waals surface area (Å²) in [5.41, 5.74) is 8.41. The smallest absolute Gasteiger partial charge is 0.255 e. The third kappa shape index (κ3) is 13.2. The molecule has 3 aromatic carbocycles. The maximum absolute atomic E-state index is 12.7. The SMILES string of the molecule is C=C(Cc1ccc(-c2ccc(CCNC(=O)c3cc(Cl)ccc3OCCCC)cc2)cc1)NN.CC.CC(C)C. The number of rotatable bonds is 12. The zero-order chi connectivity index (χ0) is 29.9. The minimum Gasteiger partial charge on any atom is -0.493 e. The molecule has 3 aromatic rings. The molecule has 0 unspecified atom stereocenters. The van der Waals surface area contributed by atoms with Crippen LogP contribution in [0.3, 0.4) is 0 Å². The molecule has 0 saturated carbocycles. The topological polar surface area (TPSA) is 76.4 Å². The van der Waals surface area contributed by atoms with Gasteiger partial charge < -0.3 is 15.5 Å². The first kappa shape index (κ1) is 34.7. The van der Waals surface area contributed by atoms with Crippen LogP contribution >= 0.6 is 11.6 Å². The van der Waals surface area contributed by atoms with Crippen molar-refractivity contribution in [1.82, 2.24) is 10.7 Å². The summed E-state index contributed by atoms with van der Waals surface area (Å²) in [6.07, 6.45) is 3.39. The van der Waals surface area contributed by atoms with Crippen LogP contribution in [0.25, 0.3) is 11.1 Å². The molecular formula is C34H48ClN3O2. The van der Waals surface area contributed by atoms with E-state index >= 15 is 0 Å². The number of nitrogens with one attached hydrogen (secondary N) is 2. The molecule has 0 bridgehead atoms. The number of hydrogen-bond acceptors (Lipinski definition) is 4. The van der Waals surface area contributed by atoms with E-state index in [0.29, 0.717) is 35.9 Å². The summed E-state index contributed by atoms with van der Waals surface area (Å²) >= 11 is 6.11. The lowest BCUT2D eigenvalue weighted by atomic mass is 10.0. The molecule has 0 saturated heterocycles. The van der Waals surface area contributed by atoms with Crippen LogP contribution in [0.15, 0.2) is 79.0 Å². The molecular weight excluding hydrogens is 518 g/mol. The van der Waals surface area contributed by atoms with Crippen LogP contribution < -0.4 is 21.3 Å². The van der Waals surface area contributed by atoms with Gasteiger partial charge in [-0.2, -0.15) is 0 Å². The Kier molecular flexibility index (Phi) is 17.1. The summed E-state index contributed by atoms with van der Waals surface area (Å²) < 4.78 is 5.77. The highest BCUT2D eigenvalue weighted by molar-refractivity contribution is 6.31.